The van der Waals surface area contributed by atoms with Crippen molar-refractivity contribution in [3.05, 3.63) is 23.8 Å². The predicted octanol–water partition coefficient (Wildman–Crippen LogP) is 1.11. The molecule has 0 unspecified atom stereocenters. The van der Waals surface area contributed by atoms with Crippen LogP contribution >= 0.6 is 10.7 Å². The molecule has 14 heavy (non-hydrogen) atoms. The van der Waals surface area contributed by atoms with E-state index in [0.29, 0.717) is 0 Å². The van der Waals surface area contributed by atoms with E-state index in [9.17, 15) is 8.42 Å². The molecule has 1 aromatic rings. The van der Waals surface area contributed by atoms with Crippen molar-refractivity contribution in [1.29, 1.82) is 0 Å². The van der Waals surface area contributed by atoms with Crippen molar-refractivity contribution in [2.24, 2.45) is 0 Å². The second kappa shape index (κ2) is 4.16. The summed E-state index contributed by atoms with van der Waals surface area (Å²) in [6, 6.07) is 4.52. The van der Waals surface area contributed by atoms with Crippen molar-refractivity contribution in [1.82, 2.24) is 0 Å². The molecule has 0 fully saturated rings. The lowest BCUT2D eigenvalue weighted by atomic mass is 10.2. The monoisotopic (exact) mass is 236 g/mol. The third kappa shape index (κ3) is 2.17. The van der Waals surface area contributed by atoms with Crippen LogP contribution < -0.4 is 4.74 Å². The van der Waals surface area contributed by atoms with Crippen LogP contribution in [0.5, 0.6) is 5.75 Å². The number of benzene rings is 1. The topological polar surface area (TPSA) is 63.6 Å². The van der Waals surface area contributed by atoms with E-state index >= 15 is 0 Å². The maximum absolute atomic E-state index is 11.2. The maximum atomic E-state index is 11.2. The SMILES string of the molecule is COc1cccc(CO)c1S(=O)(=O)Cl. The Morgan fingerprint density at radius 1 is 1.50 bits per heavy atom. The number of rotatable bonds is 3. The number of aliphatic hydroxyl groups excluding tert-OH is 1. The van der Waals surface area contributed by atoms with Crippen LogP contribution in [0.1, 0.15) is 5.56 Å². The number of aliphatic hydroxyl groups is 1. The first kappa shape index (κ1) is 11.3. The summed E-state index contributed by atoms with van der Waals surface area (Å²) >= 11 is 0. The molecule has 6 heteroatoms. The summed E-state index contributed by atoms with van der Waals surface area (Å²) in [5, 5.41) is 8.92. The van der Waals surface area contributed by atoms with Gasteiger partial charge in [-0.1, -0.05) is 12.1 Å². The standard InChI is InChI=1S/C8H9ClO4S/c1-13-7-4-2-3-6(5-10)8(7)14(9,11)12/h2-4,10H,5H2,1H3. The molecule has 0 bridgehead atoms. The van der Waals surface area contributed by atoms with Crippen molar-refractivity contribution in [2.45, 2.75) is 11.5 Å². The van der Waals surface area contributed by atoms with Gasteiger partial charge in [0, 0.05) is 16.2 Å². The van der Waals surface area contributed by atoms with Crippen LogP contribution in [0.3, 0.4) is 0 Å². The van der Waals surface area contributed by atoms with E-state index in [1.807, 2.05) is 0 Å². The largest absolute Gasteiger partial charge is 0.495 e. The number of ether oxygens (including phenoxy) is 1. The van der Waals surface area contributed by atoms with E-state index in [2.05, 4.69) is 0 Å². The summed E-state index contributed by atoms with van der Waals surface area (Å²) in [5.41, 5.74) is 0.222. The van der Waals surface area contributed by atoms with Gasteiger partial charge in [0.1, 0.15) is 10.6 Å². The molecule has 0 atom stereocenters. The fourth-order valence-electron chi connectivity index (χ4n) is 1.12. The third-order valence-electron chi connectivity index (χ3n) is 1.69. The van der Waals surface area contributed by atoms with Gasteiger partial charge in [-0.15, -0.1) is 0 Å². The normalized spacial score (nSPS) is 11.4. The van der Waals surface area contributed by atoms with Crippen LogP contribution in [0.15, 0.2) is 23.1 Å². The minimum absolute atomic E-state index is 0.131. The van der Waals surface area contributed by atoms with Crippen LogP contribution in [0, 0.1) is 0 Å². The Morgan fingerprint density at radius 3 is 2.57 bits per heavy atom. The summed E-state index contributed by atoms with van der Waals surface area (Å²) in [6.07, 6.45) is 0. The second-order valence-corrected chi connectivity index (χ2v) is 5.05. The van der Waals surface area contributed by atoms with Crippen LogP contribution in [0.25, 0.3) is 0 Å². The van der Waals surface area contributed by atoms with Gasteiger partial charge in [0.15, 0.2) is 0 Å². The van der Waals surface area contributed by atoms with Crippen molar-refractivity contribution in [2.75, 3.05) is 7.11 Å². The molecule has 0 aliphatic carbocycles. The predicted molar refractivity (Wildman–Crippen MR) is 52.0 cm³/mol. The molecule has 0 amide bonds. The number of halogens is 1. The van der Waals surface area contributed by atoms with Gasteiger partial charge < -0.3 is 9.84 Å². The van der Waals surface area contributed by atoms with Gasteiger partial charge in [0.05, 0.1) is 13.7 Å². The zero-order valence-electron chi connectivity index (χ0n) is 7.40. The molecular weight excluding hydrogens is 228 g/mol. The van der Waals surface area contributed by atoms with Gasteiger partial charge in [-0.2, -0.15) is 0 Å². The zero-order chi connectivity index (χ0) is 10.8. The van der Waals surface area contributed by atoms with Crippen LogP contribution in [-0.4, -0.2) is 20.6 Å². The molecule has 0 heterocycles. The molecule has 0 radical (unpaired) electrons. The summed E-state index contributed by atoms with van der Waals surface area (Å²) in [7, 11) is 2.64. The molecule has 0 saturated carbocycles. The molecule has 0 aliphatic rings. The van der Waals surface area contributed by atoms with Crippen molar-refractivity contribution in [3.8, 4) is 5.75 Å². The Hall–Kier alpha value is -0.780. The molecule has 1 rings (SSSR count). The maximum Gasteiger partial charge on any atom is 0.265 e. The summed E-state index contributed by atoms with van der Waals surface area (Å²) < 4.78 is 27.2. The highest BCUT2D eigenvalue weighted by molar-refractivity contribution is 8.13. The van der Waals surface area contributed by atoms with Crippen molar-refractivity contribution < 1.29 is 18.3 Å². The summed E-state index contributed by atoms with van der Waals surface area (Å²) in [4.78, 5) is -0.174. The first-order valence-electron chi connectivity index (χ1n) is 3.72. The average Bonchev–Trinajstić information content (AvgIpc) is 2.15. The highest BCUT2D eigenvalue weighted by atomic mass is 35.7. The van der Waals surface area contributed by atoms with Crippen LogP contribution in [0.2, 0.25) is 0 Å². The first-order valence-corrected chi connectivity index (χ1v) is 6.03. The average molecular weight is 237 g/mol. The molecule has 0 saturated heterocycles. The van der Waals surface area contributed by atoms with E-state index in [-0.39, 0.29) is 16.2 Å². The Bertz CT molecular complexity index is 405. The number of hydrogen-bond acceptors (Lipinski definition) is 4. The van der Waals surface area contributed by atoms with E-state index in [1.165, 1.54) is 19.2 Å². The Morgan fingerprint density at radius 2 is 2.14 bits per heavy atom. The molecule has 1 aromatic carbocycles. The lowest BCUT2D eigenvalue weighted by molar-refractivity contribution is 0.276. The van der Waals surface area contributed by atoms with E-state index in [1.54, 1.807) is 6.07 Å². The highest BCUT2D eigenvalue weighted by Crippen LogP contribution is 2.30. The molecular formula is C8H9ClO4S. The van der Waals surface area contributed by atoms with Crippen molar-refractivity contribution >= 4 is 19.7 Å². The highest BCUT2D eigenvalue weighted by Gasteiger charge is 2.20. The minimum atomic E-state index is -3.90. The third-order valence-corrected chi connectivity index (χ3v) is 3.11. The van der Waals surface area contributed by atoms with E-state index in [0.717, 1.165) is 0 Å². The molecule has 0 aromatic heterocycles. The lowest BCUT2D eigenvalue weighted by Crippen LogP contribution is -2.01. The molecule has 0 spiro atoms. The summed E-state index contributed by atoms with van der Waals surface area (Å²) in [6.45, 7) is -0.404. The van der Waals surface area contributed by atoms with Crippen molar-refractivity contribution in [3.63, 3.8) is 0 Å². The zero-order valence-corrected chi connectivity index (χ0v) is 8.97. The molecule has 1 N–H and O–H groups in total. The lowest BCUT2D eigenvalue weighted by Gasteiger charge is -2.08. The summed E-state index contributed by atoms with van der Waals surface area (Å²) in [5.74, 6) is 0.131. The Balaban J connectivity index is 3.50. The quantitative estimate of drug-likeness (QED) is 0.799. The Kier molecular flexibility index (Phi) is 3.36. The fraction of sp³-hybridized carbons (Fsp3) is 0.250. The second-order valence-electron chi connectivity index (χ2n) is 2.54. The van der Waals surface area contributed by atoms with Crippen LogP contribution in [0.4, 0.5) is 0 Å². The van der Waals surface area contributed by atoms with Crippen LogP contribution in [-0.2, 0) is 15.7 Å². The smallest absolute Gasteiger partial charge is 0.265 e. The molecule has 78 valence electrons. The Labute approximate surface area is 86.5 Å². The number of hydrogen-bond donors (Lipinski definition) is 1. The minimum Gasteiger partial charge on any atom is -0.495 e. The first-order chi connectivity index (χ1) is 6.50. The molecule has 4 nitrogen and oxygen atoms in total. The van der Waals surface area contributed by atoms with E-state index in [4.69, 9.17) is 20.5 Å². The van der Waals surface area contributed by atoms with Gasteiger partial charge in [-0.25, -0.2) is 8.42 Å². The fourth-order valence-corrected chi connectivity index (χ4v) is 2.49. The van der Waals surface area contributed by atoms with Gasteiger partial charge >= 0.3 is 0 Å². The number of methoxy groups -OCH3 is 1. The van der Waals surface area contributed by atoms with E-state index < -0.39 is 15.7 Å². The van der Waals surface area contributed by atoms with Gasteiger partial charge in [0.2, 0.25) is 0 Å². The van der Waals surface area contributed by atoms with Gasteiger partial charge in [-0.05, 0) is 6.07 Å². The molecule has 0 aliphatic heterocycles. The van der Waals surface area contributed by atoms with Gasteiger partial charge in [0.25, 0.3) is 9.05 Å². The van der Waals surface area contributed by atoms with Gasteiger partial charge in [-0.3, -0.25) is 0 Å².